The van der Waals surface area contributed by atoms with E-state index >= 15 is 0 Å². The van der Waals surface area contributed by atoms with E-state index in [1.54, 1.807) is 7.11 Å². The Balaban J connectivity index is 1.89. The molecule has 106 valence electrons. The molecule has 0 spiro atoms. The van der Waals surface area contributed by atoms with Gasteiger partial charge >= 0.3 is 0 Å². The molecule has 1 aliphatic rings. The van der Waals surface area contributed by atoms with Crippen molar-refractivity contribution in [2.45, 2.75) is 19.9 Å². The topological polar surface area (TPSA) is 21.7 Å². The van der Waals surface area contributed by atoms with Crippen LogP contribution in [0.25, 0.3) is 0 Å². The van der Waals surface area contributed by atoms with E-state index in [1.807, 2.05) is 0 Å². The van der Waals surface area contributed by atoms with Crippen LogP contribution < -0.4 is 0 Å². The minimum Gasteiger partial charge on any atom is -0.383 e. The fourth-order valence-corrected chi connectivity index (χ4v) is 2.50. The van der Waals surface area contributed by atoms with Crippen molar-refractivity contribution in [1.82, 2.24) is 4.90 Å². The fraction of sp³-hybridized carbons (Fsp3) is 0.625. The minimum atomic E-state index is 0.683. The van der Waals surface area contributed by atoms with Crippen LogP contribution >= 0.6 is 0 Å². The molecule has 1 aliphatic heterocycles. The summed E-state index contributed by atoms with van der Waals surface area (Å²) in [6, 6.07) is 8.81. The lowest BCUT2D eigenvalue weighted by Crippen LogP contribution is -2.32. The largest absolute Gasteiger partial charge is 0.383 e. The van der Waals surface area contributed by atoms with Crippen molar-refractivity contribution in [1.29, 1.82) is 0 Å². The Morgan fingerprint density at radius 1 is 1.32 bits per heavy atom. The molecule has 1 heterocycles. The average molecular weight is 263 g/mol. The maximum Gasteiger partial charge on any atom is 0.0589 e. The molecule has 1 saturated heterocycles. The second-order valence-corrected chi connectivity index (χ2v) is 5.44. The zero-order chi connectivity index (χ0) is 13.5. The number of benzene rings is 1. The van der Waals surface area contributed by atoms with E-state index in [4.69, 9.17) is 9.47 Å². The highest BCUT2D eigenvalue weighted by molar-refractivity contribution is 5.21. The third-order valence-corrected chi connectivity index (χ3v) is 3.68. The van der Waals surface area contributed by atoms with E-state index in [9.17, 15) is 0 Å². The number of hydrogen-bond acceptors (Lipinski definition) is 3. The third-order valence-electron chi connectivity index (χ3n) is 3.68. The van der Waals surface area contributed by atoms with Crippen molar-refractivity contribution >= 4 is 0 Å². The SMILES string of the molecule is COCCN(Cc1ccc(C)cc1)C[C@@H]1CCOC1. The Morgan fingerprint density at radius 2 is 2.11 bits per heavy atom. The summed E-state index contributed by atoms with van der Waals surface area (Å²) >= 11 is 0. The second-order valence-electron chi connectivity index (χ2n) is 5.44. The lowest BCUT2D eigenvalue weighted by Gasteiger charge is -2.24. The van der Waals surface area contributed by atoms with Crippen LogP contribution in [0.3, 0.4) is 0 Å². The van der Waals surface area contributed by atoms with Gasteiger partial charge in [0, 0.05) is 33.4 Å². The van der Waals surface area contributed by atoms with Crippen molar-refractivity contribution in [3.8, 4) is 0 Å². The van der Waals surface area contributed by atoms with Gasteiger partial charge < -0.3 is 9.47 Å². The summed E-state index contributed by atoms with van der Waals surface area (Å²) in [4.78, 5) is 2.48. The molecule has 19 heavy (non-hydrogen) atoms. The van der Waals surface area contributed by atoms with Crippen molar-refractivity contribution in [2.24, 2.45) is 5.92 Å². The van der Waals surface area contributed by atoms with E-state index in [2.05, 4.69) is 36.1 Å². The molecule has 0 bridgehead atoms. The van der Waals surface area contributed by atoms with E-state index in [-0.39, 0.29) is 0 Å². The van der Waals surface area contributed by atoms with Crippen LogP contribution in [-0.4, -0.2) is 44.9 Å². The first-order valence-electron chi connectivity index (χ1n) is 7.12. The molecule has 1 aromatic carbocycles. The van der Waals surface area contributed by atoms with Gasteiger partial charge in [-0.15, -0.1) is 0 Å². The first kappa shape index (κ1) is 14.5. The van der Waals surface area contributed by atoms with Crippen LogP contribution in [0.4, 0.5) is 0 Å². The highest BCUT2D eigenvalue weighted by Crippen LogP contribution is 2.16. The molecule has 1 atom stereocenters. The standard InChI is InChI=1S/C16H25NO2/c1-14-3-5-15(6-4-14)11-17(8-10-18-2)12-16-7-9-19-13-16/h3-6,16H,7-13H2,1-2H3/t16-/m0/s1. The summed E-state index contributed by atoms with van der Waals surface area (Å²) in [5.74, 6) is 0.683. The molecule has 0 unspecified atom stereocenters. The van der Waals surface area contributed by atoms with Gasteiger partial charge in [0.15, 0.2) is 0 Å². The highest BCUT2D eigenvalue weighted by atomic mass is 16.5. The predicted octanol–water partition coefficient (Wildman–Crippen LogP) is 2.48. The van der Waals surface area contributed by atoms with Gasteiger partial charge in [-0.25, -0.2) is 0 Å². The molecule has 1 aromatic rings. The molecule has 0 radical (unpaired) electrons. The van der Waals surface area contributed by atoms with Crippen molar-refractivity contribution in [3.05, 3.63) is 35.4 Å². The first-order chi connectivity index (χ1) is 9.28. The summed E-state index contributed by atoms with van der Waals surface area (Å²) < 4.78 is 10.7. The number of ether oxygens (including phenoxy) is 2. The molecule has 3 heteroatoms. The maximum absolute atomic E-state index is 5.47. The van der Waals surface area contributed by atoms with Gasteiger partial charge in [0.05, 0.1) is 13.2 Å². The van der Waals surface area contributed by atoms with Gasteiger partial charge in [-0.05, 0) is 24.8 Å². The monoisotopic (exact) mass is 263 g/mol. The number of methoxy groups -OCH3 is 1. The van der Waals surface area contributed by atoms with Crippen LogP contribution in [0.1, 0.15) is 17.5 Å². The Labute approximate surface area is 116 Å². The summed E-state index contributed by atoms with van der Waals surface area (Å²) in [7, 11) is 1.77. The number of aryl methyl sites for hydroxylation is 1. The average Bonchev–Trinajstić information content (AvgIpc) is 2.91. The highest BCUT2D eigenvalue weighted by Gasteiger charge is 2.19. The molecular formula is C16H25NO2. The van der Waals surface area contributed by atoms with Crippen molar-refractivity contribution in [2.75, 3.05) is 40.0 Å². The second kappa shape index (κ2) is 7.63. The van der Waals surface area contributed by atoms with Gasteiger partial charge in [0.25, 0.3) is 0 Å². The smallest absolute Gasteiger partial charge is 0.0589 e. The molecule has 0 aromatic heterocycles. The zero-order valence-electron chi connectivity index (χ0n) is 12.1. The Bertz CT molecular complexity index is 358. The van der Waals surface area contributed by atoms with Gasteiger partial charge in [-0.1, -0.05) is 29.8 Å². The number of nitrogens with zero attached hydrogens (tertiary/aromatic N) is 1. The summed E-state index contributed by atoms with van der Waals surface area (Å²) in [6.45, 7) is 7.85. The number of hydrogen-bond donors (Lipinski definition) is 0. The predicted molar refractivity (Wildman–Crippen MR) is 77.3 cm³/mol. The van der Waals surface area contributed by atoms with Crippen LogP contribution in [0.15, 0.2) is 24.3 Å². The molecule has 0 saturated carbocycles. The molecule has 2 rings (SSSR count). The minimum absolute atomic E-state index is 0.683. The van der Waals surface area contributed by atoms with Crippen molar-refractivity contribution in [3.63, 3.8) is 0 Å². The zero-order valence-corrected chi connectivity index (χ0v) is 12.1. The van der Waals surface area contributed by atoms with Crippen LogP contribution in [-0.2, 0) is 16.0 Å². The van der Waals surface area contributed by atoms with E-state index < -0.39 is 0 Å². The molecule has 0 N–H and O–H groups in total. The van der Waals surface area contributed by atoms with Gasteiger partial charge in [0.2, 0.25) is 0 Å². The molecule has 3 nitrogen and oxygen atoms in total. The fourth-order valence-electron chi connectivity index (χ4n) is 2.50. The Hall–Kier alpha value is -0.900. The summed E-state index contributed by atoms with van der Waals surface area (Å²) in [5, 5.41) is 0. The lowest BCUT2D eigenvalue weighted by atomic mass is 10.1. The first-order valence-corrected chi connectivity index (χ1v) is 7.12. The van der Waals surface area contributed by atoms with Gasteiger partial charge in [-0.2, -0.15) is 0 Å². The van der Waals surface area contributed by atoms with Crippen LogP contribution in [0.5, 0.6) is 0 Å². The normalized spacial score (nSPS) is 19.2. The van der Waals surface area contributed by atoms with E-state index in [0.29, 0.717) is 5.92 Å². The Morgan fingerprint density at radius 3 is 2.74 bits per heavy atom. The van der Waals surface area contributed by atoms with Crippen molar-refractivity contribution < 1.29 is 9.47 Å². The van der Waals surface area contributed by atoms with Crippen LogP contribution in [0.2, 0.25) is 0 Å². The maximum atomic E-state index is 5.47. The molecule has 1 fully saturated rings. The molecular weight excluding hydrogens is 238 g/mol. The van der Waals surface area contributed by atoms with Gasteiger partial charge in [0.1, 0.15) is 0 Å². The lowest BCUT2D eigenvalue weighted by molar-refractivity contribution is 0.124. The van der Waals surface area contributed by atoms with E-state index in [1.165, 1.54) is 17.5 Å². The Kier molecular flexibility index (Phi) is 5.83. The number of rotatable bonds is 7. The molecule has 0 aliphatic carbocycles. The van der Waals surface area contributed by atoms with Gasteiger partial charge in [-0.3, -0.25) is 4.90 Å². The molecule has 0 amide bonds. The quantitative estimate of drug-likeness (QED) is 0.754. The summed E-state index contributed by atoms with van der Waals surface area (Å²) in [5.41, 5.74) is 2.69. The van der Waals surface area contributed by atoms with Crippen LogP contribution in [0, 0.1) is 12.8 Å². The third kappa shape index (κ3) is 4.94. The van der Waals surface area contributed by atoms with E-state index in [0.717, 1.165) is 39.5 Å². The summed E-state index contributed by atoms with van der Waals surface area (Å²) in [6.07, 6.45) is 1.19.